The van der Waals surface area contributed by atoms with Crippen LogP contribution in [-0.4, -0.2) is 30.6 Å². The number of hydrogen-bond acceptors (Lipinski definition) is 3. The normalized spacial score (nSPS) is 27.0. The second-order valence-electron chi connectivity index (χ2n) is 5.18. The van der Waals surface area contributed by atoms with E-state index in [1.165, 1.54) is 48.2 Å². The van der Waals surface area contributed by atoms with Crippen molar-refractivity contribution in [2.75, 3.05) is 19.6 Å². The standard InChI is InChI=1S/C13H19BrN2S/c14-11-4-7-17-13(11)9-16-6-1-5-15-12(8-16)10-2-3-10/h4,7,10,12,15H,1-3,5-6,8-9H2. The van der Waals surface area contributed by atoms with Crippen molar-refractivity contribution in [1.82, 2.24) is 10.2 Å². The lowest BCUT2D eigenvalue weighted by Gasteiger charge is -2.24. The van der Waals surface area contributed by atoms with E-state index in [0.717, 1.165) is 18.5 Å². The van der Waals surface area contributed by atoms with Crippen LogP contribution < -0.4 is 5.32 Å². The number of halogens is 1. The molecule has 2 aliphatic rings. The molecular formula is C13H19BrN2S. The Morgan fingerprint density at radius 2 is 2.35 bits per heavy atom. The predicted octanol–water partition coefficient (Wildman–Crippen LogP) is 3.08. The van der Waals surface area contributed by atoms with Crippen LogP contribution in [-0.2, 0) is 6.54 Å². The summed E-state index contributed by atoms with van der Waals surface area (Å²) in [5.74, 6) is 0.961. The predicted molar refractivity (Wildman–Crippen MR) is 76.4 cm³/mol. The first-order valence-corrected chi connectivity index (χ1v) is 8.18. The van der Waals surface area contributed by atoms with Crippen molar-refractivity contribution in [3.05, 3.63) is 20.8 Å². The molecule has 17 heavy (non-hydrogen) atoms. The Bertz CT molecular complexity index is 375. The van der Waals surface area contributed by atoms with Gasteiger partial charge in [0.05, 0.1) is 0 Å². The monoisotopic (exact) mass is 314 g/mol. The van der Waals surface area contributed by atoms with E-state index in [1.807, 2.05) is 11.3 Å². The molecule has 2 nitrogen and oxygen atoms in total. The molecule has 1 atom stereocenters. The molecule has 1 saturated heterocycles. The number of nitrogens with zero attached hydrogens (tertiary/aromatic N) is 1. The molecule has 1 aromatic heterocycles. The van der Waals surface area contributed by atoms with Gasteiger partial charge in [0.2, 0.25) is 0 Å². The molecule has 1 aliphatic carbocycles. The molecule has 3 rings (SSSR count). The molecular weight excluding hydrogens is 296 g/mol. The Labute approximate surface area is 116 Å². The third kappa shape index (κ3) is 3.11. The highest BCUT2D eigenvalue weighted by molar-refractivity contribution is 9.10. The van der Waals surface area contributed by atoms with E-state index in [0.29, 0.717) is 0 Å². The van der Waals surface area contributed by atoms with Crippen molar-refractivity contribution in [1.29, 1.82) is 0 Å². The minimum Gasteiger partial charge on any atom is -0.312 e. The van der Waals surface area contributed by atoms with Crippen molar-refractivity contribution >= 4 is 27.3 Å². The van der Waals surface area contributed by atoms with Crippen LogP contribution in [0.5, 0.6) is 0 Å². The molecule has 0 radical (unpaired) electrons. The Balaban J connectivity index is 1.63. The first-order valence-electron chi connectivity index (χ1n) is 6.50. The maximum atomic E-state index is 3.72. The quantitative estimate of drug-likeness (QED) is 0.922. The van der Waals surface area contributed by atoms with Gasteiger partial charge in [-0.3, -0.25) is 4.90 Å². The topological polar surface area (TPSA) is 15.3 Å². The molecule has 0 aromatic carbocycles. The number of rotatable bonds is 3. The molecule has 1 saturated carbocycles. The summed E-state index contributed by atoms with van der Waals surface area (Å²) >= 11 is 5.50. The van der Waals surface area contributed by atoms with E-state index in [-0.39, 0.29) is 0 Å². The Kier molecular flexibility index (Phi) is 3.85. The smallest absolute Gasteiger partial charge is 0.0339 e. The van der Waals surface area contributed by atoms with Gasteiger partial charge in [0.25, 0.3) is 0 Å². The Morgan fingerprint density at radius 3 is 3.06 bits per heavy atom. The van der Waals surface area contributed by atoms with Gasteiger partial charge in [-0.2, -0.15) is 0 Å². The van der Waals surface area contributed by atoms with E-state index in [1.54, 1.807) is 0 Å². The fourth-order valence-electron chi connectivity index (χ4n) is 2.62. The van der Waals surface area contributed by atoms with Gasteiger partial charge in [0.15, 0.2) is 0 Å². The van der Waals surface area contributed by atoms with Crippen LogP contribution in [0, 0.1) is 5.92 Å². The molecule has 4 heteroatoms. The van der Waals surface area contributed by atoms with Gasteiger partial charge in [-0.1, -0.05) is 0 Å². The van der Waals surface area contributed by atoms with Crippen LogP contribution in [0.3, 0.4) is 0 Å². The SMILES string of the molecule is Brc1ccsc1CN1CCCNC(C2CC2)C1. The second kappa shape index (κ2) is 5.39. The zero-order chi connectivity index (χ0) is 11.7. The Morgan fingerprint density at radius 1 is 1.47 bits per heavy atom. The van der Waals surface area contributed by atoms with E-state index in [9.17, 15) is 0 Å². The minimum atomic E-state index is 0.747. The van der Waals surface area contributed by atoms with E-state index in [4.69, 9.17) is 0 Å². The van der Waals surface area contributed by atoms with Gasteiger partial charge in [-0.25, -0.2) is 0 Å². The van der Waals surface area contributed by atoms with Crippen LogP contribution in [0.4, 0.5) is 0 Å². The van der Waals surface area contributed by atoms with E-state index < -0.39 is 0 Å². The summed E-state index contributed by atoms with van der Waals surface area (Å²) in [5, 5.41) is 5.89. The lowest BCUT2D eigenvalue weighted by molar-refractivity contribution is 0.252. The van der Waals surface area contributed by atoms with Gasteiger partial charge in [0.1, 0.15) is 0 Å². The molecule has 2 fully saturated rings. The largest absolute Gasteiger partial charge is 0.312 e. The summed E-state index contributed by atoms with van der Waals surface area (Å²) in [6.45, 7) is 4.78. The van der Waals surface area contributed by atoms with Crippen LogP contribution >= 0.6 is 27.3 Å². The average Bonchev–Trinajstić information content (AvgIpc) is 3.09. The van der Waals surface area contributed by atoms with E-state index >= 15 is 0 Å². The van der Waals surface area contributed by atoms with Crippen molar-refractivity contribution < 1.29 is 0 Å². The first-order chi connectivity index (χ1) is 8.33. The average molecular weight is 315 g/mol. The maximum Gasteiger partial charge on any atom is 0.0339 e. The number of hydrogen-bond donors (Lipinski definition) is 1. The third-order valence-electron chi connectivity index (χ3n) is 3.76. The zero-order valence-electron chi connectivity index (χ0n) is 9.99. The van der Waals surface area contributed by atoms with Gasteiger partial charge in [-0.05, 0) is 65.6 Å². The second-order valence-corrected chi connectivity index (χ2v) is 7.03. The lowest BCUT2D eigenvalue weighted by atomic mass is 10.2. The highest BCUT2D eigenvalue weighted by Gasteiger charge is 2.33. The van der Waals surface area contributed by atoms with Crippen molar-refractivity contribution in [3.8, 4) is 0 Å². The van der Waals surface area contributed by atoms with Crippen molar-refractivity contribution in [2.45, 2.75) is 31.8 Å². The van der Waals surface area contributed by atoms with Crippen molar-refractivity contribution in [3.63, 3.8) is 0 Å². The fourth-order valence-corrected chi connectivity index (χ4v) is 4.14. The van der Waals surface area contributed by atoms with Gasteiger partial charge in [-0.15, -0.1) is 11.3 Å². The van der Waals surface area contributed by atoms with Gasteiger partial charge < -0.3 is 5.32 Å². The zero-order valence-corrected chi connectivity index (χ0v) is 12.4. The Hall–Kier alpha value is 0.1000. The summed E-state index contributed by atoms with van der Waals surface area (Å²) in [4.78, 5) is 4.10. The highest BCUT2D eigenvalue weighted by atomic mass is 79.9. The first kappa shape index (κ1) is 12.2. The molecule has 94 valence electrons. The molecule has 0 bridgehead atoms. The molecule has 1 N–H and O–H groups in total. The van der Waals surface area contributed by atoms with Crippen LogP contribution in [0.2, 0.25) is 0 Å². The molecule has 0 amide bonds. The van der Waals surface area contributed by atoms with Crippen LogP contribution in [0.1, 0.15) is 24.1 Å². The van der Waals surface area contributed by atoms with Crippen LogP contribution in [0.25, 0.3) is 0 Å². The fraction of sp³-hybridized carbons (Fsp3) is 0.692. The summed E-state index contributed by atoms with van der Waals surface area (Å²) in [6, 6.07) is 2.91. The molecule has 2 heterocycles. The summed E-state index contributed by atoms with van der Waals surface area (Å²) < 4.78 is 1.28. The van der Waals surface area contributed by atoms with Gasteiger partial charge in [0, 0.05) is 28.5 Å². The minimum absolute atomic E-state index is 0.747. The molecule has 1 aliphatic heterocycles. The van der Waals surface area contributed by atoms with Crippen LogP contribution in [0.15, 0.2) is 15.9 Å². The molecule has 1 unspecified atom stereocenters. The summed E-state index contributed by atoms with van der Waals surface area (Å²) in [7, 11) is 0. The summed E-state index contributed by atoms with van der Waals surface area (Å²) in [6.07, 6.45) is 4.16. The highest BCUT2D eigenvalue weighted by Crippen LogP contribution is 2.34. The van der Waals surface area contributed by atoms with Crippen molar-refractivity contribution in [2.24, 2.45) is 5.92 Å². The number of thiophene rings is 1. The molecule has 0 spiro atoms. The molecule has 1 aromatic rings. The lowest BCUT2D eigenvalue weighted by Crippen LogP contribution is -2.38. The summed E-state index contributed by atoms with van der Waals surface area (Å²) in [5.41, 5.74) is 0. The maximum absolute atomic E-state index is 3.72. The van der Waals surface area contributed by atoms with Gasteiger partial charge >= 0.3 is 0 Å². The van der Waals surface area contributed by atoms with E-state index in [2.05, 4.69) is 37.6 Å². The number of nitrogens with one attached hydrogen (secondary N) is 1. The third-order valence-corrected chi connectivity index (χ3v) is 5.67.